The van der Waals surface area contributed by atoms with Crippen molar-refractivity contribution < 1.29 is 9.90 Å². The Hall–Kier alpha value is -2.09. The van der Waals surface area contributed by atoms with E-state index in [2.05, 4.69) is 32.9 Å². The van der Waals surface area contributed by atoms with Crippen molar-refractivity contribution in [1.29, 1.82) is 0 Å². The summed E-state index contributed by atoms with van der Waals surface area (Å²) in [6, 6.07) is 7.86. The van der Waals surface area contributed by atoms with Gasteiger partial charge in [-0.3, -0.25) is 0 Å². The van der Waals surface area contributed by atoms with E-state index in [0.29, 0.717) is 0 Å². The van der Waals surface area contributed by atoms with Crippen LogP contribution in [0.25, 0.3) is 12.2 Å². The van der Waals surface area contributed by atoms with Crippen molar-refractivity contribution in [3.8, 4) is 0 Å². The van der Waals surface area contributed by atoms with Crippen LogP contribution in [0.2, 0.25) is 0 Å². The SMILES string of the molecule is CC(C)=CCCC(C)=Cc1ccc(C=CC(=O)O)cc1. The van der Waals surface area contributed by atoms with Crippen molar-refractivity contribution in [2.45, 2.75) is 33.6 Å². The second-order valence-electron chi connectivity index (χ2n) is 5.15. The van der Waals surface area contributed by atoms with Crippen molar-refractivity contribution in [1.82, 2.24) is 0 Å². The lowest BCUT2D eigenvalue weighted by atomic mass is 10.1. The second kappa shape index (κ2) is 8.16. The van der Waals surface area contributed by atoms with Crippen LogP contribution in [-0.4, -0.2) is 11.1 Å². The number of rotatable bonds is 6. The molecule has 0 bridgehead atoms. The predicted molar refractivity (Wildman–Crippen MR) is 85.4 cm³/mol. The summed E-state index contributed by atoms with van der Waals surface area (Å²) in [7, 11) is 0. The standard InChI is InChI=1S/C18H22O2/c1-14(2)5-4-6-15(3)13-17-9-7-16(8-10-17)11-12-18(19)20/h5,7-13H,4,6H2,1-3H3,(H,19,20). The normalized spacial score (nSPS) is 11.7. The average Bonchev–Trinajstić information content (AvgIpc) is 2.37. The molecule has 0 atom stereocenters. The zero-order chi connectivity index (χ0) is 15.0. The summed E-state index contributed by atoms with van der Waals surface area (Å²) in [5, 5.41) is 8.57. The Morgan fingerprint density at radius 2 is 1.70 bits per heavy atom. The van der Waals surface area contributed by atoms with Gasteiger partial charge in [-0.15, -0.1) is 0 Å². The molecule has 0 aliphatic rings. The lowest BCUT2D eigenvalue weighted by Crippen LogP contribution is -1.85. The third-order valence-corrected chi connectivity index (χ3v) is 2.86. The van der Waals surface area contributed by atoms with Crippen LogP contribution in [0.5, 0.6) is 0 Å². The maximum atomic E-state index is 10.4. The fourth-order valence-corrected chi connectivity index (χ4v) is 1.82. The van der Waals surface area contributed by atoms with E-state index >= 15 is 0 Å². The zero-order valence-electron chi connectivity index (χ0n) is 12.4. The highest BCUT2D eigenvalue weighted by molar-refractivity contribution is 5.85. The maximum Gasteiger partial charge on any atom is 0.328 e. The fraction of sp³-hybridized carbons (Fsp3) is 0.278. The topological polar surface area (TPSA) is 37.3 Å². The van der Waals surface area contributed by atoms with Crippen molar-refractivity contribution >= 4 is 18.1 Å². The zero-order valence-corrected chi connectivity index (χ0v) is 12.4. The average molecular weight is 270 g/mol. The molecule has 0 saturated carbocycles. The quantitative estimate of drug-likeness (QED) is 0.587. The van der Waals surface area contributed by atoms with Gasteiger partial charge in [0.15, 0.2) is 0 Å². The first-order valence-electron chi connectivity index (χ1n) is 6.79. The van der Waals surface area contributed by atoms with Crippen molar-refractivity contribution in [2.24, 2.45) is 0 Å². The summed E-state index contributed by atoms with van der Waals surface area (Å²) in [5.41, 5.74) is 4.74. The molecule has 0 amide bonds. The molecule has 0 aliphatic heterocycles. The van der Waals surface area contributed by atoms with Gasteiger partial charge in [-0.2, -0.15) is 0 Å². The molecule has 106 valence electrons. The molecule has 2 heteroatoms. The number of carbonyl (C=O) groups is 1. The first kappa shape index (κ1) is 16.0. The number of hydrogen-bond donors (Lipinski definition) is 1. The van der Waals surface area contributed by atoms with Crippen LogP contribution in [0.1, 0.15) is 44.7 Å². The molecule has 0 radical (unpaired) electrons. The van der Waals surface area contributed by atoms with Gasteiger partial charge in [0.25, 0.3) is 0 Å². The van der Waals surface area contributed by atoms with Crippen molar-refractivity contribution in [3.05, 3.63) is 58.7 Å². The second-order valence-corrected chi connectivity index (χ2v) is 5.15. The first-order chi connectivity index (χ1) is 9.47. The van der Waals surface area contributed by atoms with E-state index in [1.165, 1.54) is 11.1 Å². The van der Waals surface area contributed by atoms with Crippen LogP contribution in [0.3, 0.4) is 0 Å². The molecule has 0 unspecified atom stereocenters. The Labute approximate surface area is 121 Å². The van der Waals surface area contributed by atoms with Crippen molar-refractivity contribution in [3.63, 3.8) is 0 Å². The molecule has 0 spiro atoms. The molecule has 1 aromatic rings. The molecule has 1 rings (SSSR count). The number of benzene rings is 1. The molecule has 0 aliphatic carbocycles. The highest BCUT2D eigenvalue weighted by Crippen LogP contribution is 2.14. The van der Waals surface area contributed by atoms with Crippen LogP contribution in [0.15, 0.2) is 47.6 Å². The van der Waals surface area contributed by atoms with E-state index in [-0.39, 0.29) is 0 Å². The Morgan fingerprint density at radius 1 is 1.10 bits per heavy atom. The summed E-state index contributed by atoms with van der Waals surface area (Å²) in [4.78, 5) is 10.4. The van der Waals surface area contributed by atoms with Gasteiger partial charge in [0.2, 0.25) is 0 Å². The smallest absolute Gasteiger partial charge is 0.328 e. The summed E-state index contributed by atoms with van der Waals surface area (Å²) >= 11 is 0. The molecular formula is C18H22O2. The third-order valence-electron chi connectivity index (χ3n) is 2.86. The lowest BCUT2D eigenvalue weighted by molar-refractivity contribution is -0.131. The minimum Gasteiger partial charge on any atom is -0.478 e. The van der Waals surface area contributed by atoms with Crippen LogP contribution < -0.4 is 0 Å². The largest absolute Gasteiger partial charge is 0.478 e. The fourth-order valence-electron chi connectivity index (χ4n) is 1.82. The van der Waals surface area contributed by atoms with Gasteiger partial charge in [-0.25, -0.2) is 4.79 Å². The highest BCUT2D eigenvalue weighted by atomic mass is 16.4. The van der Waals surface area contributed by atoms with Gasteiger partial charge in [-0.1, -0.05) is 47.6 Å². The summed E-state index contributed by atoms with van der Waals surface area (Å²) in [5.74, 6) is -0.927. The molecule has 1 N–H and O–H groups in total. The molecule has 0 aromatic heterocycles. The number of carboxylic acid groups (broad SMARTS) is 1. The molecule has 20 heavy (non-hydrogen) atoms. The minimum absolute atomic E-state index is 0.895. The highest BCUT2D eigenvalue weighted by Gasteiger charge is 1.93. The van der Waals surface area contributed by atoms with E-state index in [0.717, 1.165) is 30.0 Å². The Bertz CT molecular complexity index is 527. The van der Waals surface area contributed by atoms with Crippen LogP contribution in [-0.2, 0) is 4.79 Å². The Balaban J connectivity index is 2.64. The maximum absolute atomic E-state index is 10.4. The van der Waals surface area contributed by atoms with Crippen molar-refractivity contribution in [2.75, 3.05) is 0 Å². The monoisotopic (exact) mass is 270 g/mol. The van der Waals surface area contributed by atoms with E-state index < -0.39 is 5.97 Å². The molecule has 0 saturated heterocycles. The summed E-state index contributed by atoms with van der Waals surface area (Å²) in [6.07, 6.45) is 9.30. The lowest BCUT2D eigenvalue weighted by Gasteiger charge is -2.01. The Kier molecular flexibility index (Phi) is 6.51. The van der Waals surface area contributed by atoms with Gasteiger partial charge >= 0.3 is 5.97 Å². The van der Waals surface area contributed by atoms with Crippen LogP contribution in [0.4, 0.5) is 0 Å². The van der Waals surface area contributed by atoms with Gasteiger partial charge in [0, 0.05) is 6.08 Å². The van der Waals surface area contributed by atoms with Gasteiger partial charge in [0.05, 0.1) is 0 Å². The minimum atomic E-state index is -0.927. The van der Waals surface area contributed by atoms with Gasteiger partial charge in [-0.05, 0) is 50.8 Å². The van der Waals surface area contributed by atoms with Gasteiger partial charge < -0.3 is 5.11 Å². The number of hydrogen-bond acceptors (Lipinski definition) is 1. The molecule has 0 heterocycles. The number of carboxylic acids is 1. The third kappa shape index (κ3) is 6.74. The molecular weight excluding hydrogens is 248 g/mol. The summed E-state index contributed by atoms with van der Waals surface area (Å²) in [6.45, 7) is 6.36. The molecule has 0 fully saturated rings. The van der Waals surface area contributed by atoms with E-state index in [4.69, 9.17) is 5.11 Å². The van der Waals surface area contributed by atoms with E-state index in [1.54, 1.807) is 6.08 Å². The Morgan fingerprint density at radius 3 is 2.25 bits per heavy atom. The molecule has 2 nitrogen and oxygen atoms in total. The predicted octanol–water partition coefficient (Wildman–Crippen LogP) is 4.93. The van der Waals surface area contributed by atoms with E-state index in [9.17, 15) is 4.79 Å². The van der Waals surface area contributed by atoms with Crippen LogP contribution in [0, 0.1) is 0 Å². The van der Waals surface area contributed by atoms with Crippen LogP contribution >= 0.6 is 0 Å². The van der Waals surface area contributed by atoms with Gasteiger partial charge in [0.1, 0.15) is 0 Å². The number of aliphatic carboxylic acids is 1. The first-order valence-corrected chi connectivity index (χ1v) is 6.79. The number of allylic oxidation sites excluding steroid dienone is 3. The molecule has 1 aromatic carbocycles. The van der Waals surface area contributed by atoms with E-state index in [1.807, 2.05) is 24.3 Å². The summed E-state index contributed by atoms with van der Waals surface area (Å²) < 4.78 is 0.